The molecule has 3 nitrogen and oxygen atoms in total. The zero-order chi connectivity index (χ0) is 8.74. The second-order valence-corrected chi connectivity index (χ2v) is 9.69. The van der Waals surface area contributed by atoms with E-state index >= 15 is 0 Å². The van der Waals surface area contributed by atoms with Gasteiger partial charge in [0.2, 0.25) is 0 Å². The van der Waals surface area contributed by atoms with Crippen LogP contribution in [0.1, 0.15) is 0 Å². The van der Waals surface area contributed by atoms with Crippen LogP contribution in [0.3, 0.4) is 0 Å². The van der Waals surface area contributed by atoms with Crippen molar-refractivity contribution in [1.82, 2.24) is 0 Å². The molecule has 0 saturated carbocycles. The lowest BCUT2D eigenvalue weighted by Crippen LogP contribution is -2.49. The minimum absolute atomic E-state index is 0.546. The van der Waals surface area contributed by atoms with Gasteiger partial charge in [-0.25, -0.2) is 0 Å². The van der Waals surface area contributed by atoms with Crippen molar-refractivity contribution in [2.75, 3.05) is 21.3 Å². The van der Waals surface area contributed by atoms with Gasteiger partial charge in [0.25, 0.3) is 0 Å². The van der Waals surface area contributed by atoms with Crippen molar-refractivity contribution >= 4 is 17.4 Å². The maximum atomic E-state index is 5.20. The third-order valence-corrected chi connectivity index (χ3v) is 9.71. The molecule has 64 valence electrons. The predicted molar refractivity (Wildman–Crippen MR) is 49.0 cm³/mol. The molecular formula is C6H14O3Si2. The standard InChI is InChI=1S/C6H14O3Si2/c1-5-6-10-11(7-2,8-3)9-4/h1H,6,10H2,2-4H3. The van der Waals surface area contributed by atoms with E-state index in [0.717, 1.165) is 6.04 Å². The molecule has 0 atom stereocenters. The average molecular weight is 190 g/mol. The summed E-state index contributed by atoms with van der Waals surface area (Å²) >= 11 is 0. The molecule has 0 rings (SSSR count). The third kappa shape index (κ3) is 3.18. The summed E-state index contributed by atoms with van der Waals surface area (Å²) in [6, 6.07) is 0.766. The van der Waals surface area contributed by atoms with Gasteiger partial charge in [0, 0.05) is 27.4 Å². The van der Waals surface area contributed by atoms with Gasteiger partial charge in [0.1, 0.15) is 9.04 Å². The first kappa shape index (κ1) is 10.9. The normalized spacial score (nSPS) is 12.2. The first-order valence-corrected chi connectivity index (χ1v) is 8.39. The molecule has 0 unspecified atom stereocenters. The van der Waals surface area contributed by atoms with Crippen molar-refractivity contribution in [1.29, 1.82) is 0 Å². The van der Waals surface area contributed by atoms with Crippen LogP contribution in [0.15, 0.2) is 0 Å². The molecule has 5 heteroatoms. The van der Waals surface area contributed by atoms with Crippen LogP contribution >= 0.6 is 0 Å². The molecule has 0 aromatic heterocycles. The van der Waals surface area contributed by atoms with Crippen molar-refractivity contribution in [3.63, 3.8) is 0 Å². The Hall–Kier alpha value is -0.126. The molecule has 0 radical (unpaired) electrons. The molecule has 11 heavy (non-hydrogen) atoms. The molecule has 0 bridgehead atoms. The summed E-state index contributed by atoms with van der Waals surface area (Å²) in [6.07, 6.45) is 5.14. The Morgan fingerprint density at radius 1 is 1.27 bits per heavy atom. The van der Waals surface area contributed by atoms with E-state index in [0.29, 0.717) is 0 Å². The minimum atomic E-state index is -2.24. The summed E-state index contributed by atoms with van der Waals surface area (Å²) < 4.78 is 15.6. The van der Waals surface area contributed by atoms with E-state index in [1.807, 2.05) is 0 Å². The van der Waals surface area contributed by atoms with Crippen LogP contribution in [0, 0.1) is 12.3 Å². The summed E-state index contributed by atoms with van der Waals surface area (Å²) in [6.45, 7) is 0. The van der Waals surface area contributed by atoms with Gasteiger partial charge in [-0.15, -0.1) is 12.3 Å². The largest absolute Gasteiger partial charge is 0.462 e. The molecule has 0 spiro atoms. The Kier molecular flexibility index (Phi) is 5.45. The lowest BCUT2D eigenvalue weighted by Gasteiger charge is -2.23. The Morgan fingerprint density at radius 2 is 1.73 bits per heavy atom. The van der Waals surface area contributed by atoms with E-state index in [4.69, 9.17) is 19.7 Å². The number of rotatable bonds is 5. The lowest BCUT2D eigenvalue weighted by molar-refractivity contribution is 0.148. The van der Waals surface area contributed by atoms with Crippen LogP contribution in [-0.4, -0.2) is 38.7 Å². The fraction of sp³-hybridized carbons (Fsp3) is 0.667. The van der Waals surface area contributed by atoms with Gasteiger partial charge in [-0.05, 0) is 0 Å². The molecule has 0 N–H and O–H groups in total. The maximum absolute atomic E-state index is 5.20. The lowest BCUT2D eigenvalue weighted by atomic mass is 10.8. The predicted octanol–water partition coefficient (Wildman–Crippen LogP) is -0.419. The average Bonchev–Trinajstić information content (AvgIpc) is 2.08. The van der Waals surface area contributed by atoms with Crippen LogP contribution < -0.4 is 0 Å². The molecule has 0 saturated heterocycles. The van der Waals surface area contributed by atoms with Crippen LogP contribution in [-0.2, 0) is 13.3 Å². The summed E-state index contributed by atoms with van der Waals surface area (Å²) in [4.78, 5) is 0. The highest BCUT2D eigenvalue weighted by molar-refractivity contribution is 7.14. The van der Waals surface area contributed by atoms with E-state index < -0.39 is 17.4 Å². The van der Waals surface area contributed by atoms with Crippen molar-refractivity contribution in [2.24, 2.45) is 0 Å². The quantitative estimate of drug-likeness (QED) is 0.435. The molecule has 0 aliphatic carbocycles. The van der Waals surface area contributed by atoms with E-state index in [1.165, 1.54) is 0 Å². The van der Waals surface area contributed by atoms with E-state index in [-0.39, 0.29) is 0 Å². The molecule has 0 fully saturated rings. The molecule has 0 amide bonds. The Balaban J connectivity index is 3.96. The zero-order valence-electron chi connectivity index (χ0n) is 7.22. The zero-order valence-corrected chi connectivity index (χ0v) is 9.63. The molecule has 0 aromatic rings. The molecule has 0 aromatic carbocycles. The molecule has 0 heterocycles. The van der Waals surface area contributed by atoms with Gasteiger partial charge in [0.05, 0.1) is 0 Å². The van der Waals surface area contributed by atoms with Crippen molar-refractivity contribution in [2.45, 2.75) is 6.04 Å². The van der Waals surface area contributed by atoms with Crippen LogP contribution in [0.25, 0.3) is 0 Å². The summed E-state index contributed by atoms with van der Waals surface area (Å²) in [5, 5.41) is 0. The highest BCUT2D eigenvalue weighted by Gasteiger charge is 2.36. The summed E-state index contributed by atoms with van der Waals surface area (Å²) in [7, 11) is 2.05. The first-order chi connectivity index (χ1) is 5.24. The summed E-state index contributed by atoms with van der Waals surface area (Å²) in [5.74, 6) is 2.58. The smallest absolute Gasteiger partial charge is 0.380 e. The van der Waals surface area contributed by atoms with Crippen molar-refractivity contribution in [3.05, 3.63) is 0 Å². The van der Waals surface area contributed by atoms with Crippen molar-refractivity contribution < 1.29 is 13.3 Å². The number of terminal acetylenes is 1. The molecular weight excluding hydrogens is 176 g/mol. The van der Waals surface area contributed by atoms with Gasteiger partial charge in [-0.3, -0.25) is 0 Å². The van der Waals surface area contributed by atoms with Crippen LogP contribution in [0.5, 0.6) is 0 Å². The van der Waals surface area contributed by atoms with Gasteiger partial charge in [0.15, 0.2) is 0 Å². The Labute approximate surface area is 71.0 Å². The van der Waals surface area contributed by atoms with E-state index in [9.17, 15) is 0 Å². The fourth-order valence-corrected chi connectivity index (χ4v) is 5.53. The monoisotopic (exact) mass is 190 g/mol. The third-order valence-electron chi connectivity index (χ3n) is 1.51. The summed E-state index contributed by atoms with van der Waals surface area (Å²) in [5.41, 5.74) is 0. The van der Waals surface area contributed by atoms with Gasteiger partial charge >= 0.3 is 8.32 Å². The topological polar surface area (TPSA) is 27.7 Å². The minimum Gasteiger partial charge on any atom is -0.380 e. The van der Waals surface area contributed by atoms with Gasteiger partial charge < -0.3 is 13.3 Å². The van der Waals surface area contributed by atoms with Crippen LogP contribution in [0.4, 0.5) is 0 Å². The van der Waals surface area contributed by atoms with Crippen molar-refractivity contribution in [3.8, 4) is 12.3 Å². The van der Waals surface area contributed by atoms with Crippen LogP contribution in [0.2, 0.25) is 6.04 Å². The SMILES string of the molecule is C#CC[SiH2][Si](OC)(OC)OC. The van der Waals surface area contributed by atoms with E-state index in [1.54, 1.807) is 21.3 Å². The highest BCUT2D eigenvalue weighted by Crippen LogP contribution is 2.04. The van der Waals surface area contributed by atoms with Gasteiger partial charge in [-0.2, -0.15) is 0 Å². The maximum Gasteiger partial charge on any atom is 0.462 e. The molecule has 0 aliphatic heterocycles. The Morgan fingerprint density at radius 3 is 2.00 bits per heavy atom. The number of hydrogen-bond donors (Lipinski definition) is 0. The second kappa shape index (κ2) is 5.51. The van der Waals surface area contributed by atoms with E-state index in [2.05, 4.69) is 5.92 Å². The highest BCUT2D eigenvalue weighted by atomic mass is 29.2. The molecule has 0 aliphatic rings. The fourth-order valence-electron chi connectivity index (χ4n) is 0.781. The van der Waals surface area contributed by atoms with Gasteiger partial charge in [-0.1, -0.05) is 0 Å². The Bertz CT molecular complexity index is 131. The number of hydrogen-bond acceptors (Lipinski definition) is 3. The second-order valence-electron chi connectivity index (χ2n) is 2.00. The first-order valence-electron chi connectivity index (χ1n) is 3.33.